The van der Waals surface area contributed by atoms with Crippen LogP contribution >= 0.6 is 0 Å². The van der Waals surface area contributed by atoms with Crippen molar-refractivity contribution < 1.29 is 29.3 Å². The smallest absolute Gasteiger partial charge is 0.337 e. The second-order valence-electron chi connectivity index (χ2n) is 7.67. The molecular weight excluding hydrogens is 462 g/mol. The first-order valence-corrected chi connectivity index (χ1v) is 10.8. The van der Waals surface area contributed by atoms with Crippen LogP contribution in [0.4, 0.5) is 17.1 Å². The summed E-state index contributed by atoms with van der Waals surface area (Å²) >= 11 is 0. The second kappa shape index (κ2) is 10.6. The van der Waals surface area contributed by atoms with Gasteiger partial charge in [-0.15, -0.1) is 10.2 Å². The van der Waals surface area contributed by atoms with E-state index in [0.717, 1.165) is 0 Å². The number of carbonyl (C=O) groups excluding carboxylic acids is 3. The summed E-state index contributed by atoms with van der Waals surface area (Å²) in [7, 11) is 1.21. The van der Waals surface area contributed by atoms with Gasteiger partial charge in [0, 0.05) is 11.3 Å². The molecule has 0 unspecified atom stereocenters. The van der Waals surface area contributed by atoms with Crippen molar-refractivity contribution in [2.45, 2.75) is 0 Å². The van der Waals surface area contributed by atoms with Gasteiger partial charge in [0.15, 0.2) is 11.5 Å². The molecule has 4 aromatic carbocycles. The Labute approximate surface area is 205 Å². The highest BCUT2D eigenvalue weighted by molar-refractivity contribution is 6.16. The van der Waals surface area contributed by atoms with E-state index in [-0.39, 0.29) is 28.1 Å². The van der Waals surface area contributed by atoms with Crippen LogP contribution in [0, 0.1) is 0 Å². The van der Waals surface area contributed by atoms with E-state index in [9.17, 15) is 24.6 Å². The number of aliphatic hydroxyl groups is 1. The second-order valence-corrected chi connectivity index (χ2v) is 7.67. The molecule has 180 valence electrons. The largest absolute Gasteiger partial charge is 0.505 e. The molecule has 0 bridgehead atoms. The lowest BCUT2D eigenvalue weighted by molar-refractivity contribution is 0.0600. The average Bonchev–Trinajstić information content (AvgIpc) is 2.91. The number of para-hydroxylation sites is 1. The number of phenolic OH excluding ortho intramolecular Hbond substituents is 1. The van der Waals surface area contributed by atoms with E-state index in [0.29, 0.717) is 16.5 Å². The van der Waals surface area contributed by atoms with Crippen molar-refractivity contribution in [2.24, 2.45) is 10.2 Å². The van der Waals surface area contributed by atoms with E-state index >= 15 is 0 Å². The van der Waals surface area contributed by atoms with Crippen LogP contribution in [0.25, 0.3) is 10.8 Å². The molecular formula is C27H21N3O6. The number of Topliss-reactive ketones (excluding diaryl/α,β-unsaturated/α-hetero) is 1. The van der Waals surface area contributed by atoms with Gasteiger partial charge in [0.25, 0.3) is 5.91 Å². The van der Waals surface area contributed by atoms with E-state index in [1.807, 2.05) is 6.07 Å². The summed E-state index contributed by atoms with van der Waals surface area (Å²) in [6.07, 6.45) is 0. The number of methoxy groups -OCH3 is 1. The number of rotatable bonds is 7. The van der Waals surface area contributed by atoms with Crippen LogP contribution in [-0.2, 0) is 4.74 Å². The Balaban J connectivity index is 1.81. The van der Waals surface area contributed by atoms with Gasteiger partial charge in [0.2, 0.25) is 0 Å². The van der Waals surface area contributed by atoms with Crippen LogP contribution in [-0.4, -0.2) is 41.6 Å². The summed E-state index contributed by atoms with van der Waals surface area (Å²) in [5, 5.41) is 32.4. The summed E-state index contributed by atoms with van der Waals surface area (Å²) in [6.45, 7) is -0.773. The first kappa shape index (κ1) is 24.2. The van der Waals surface area contributed by atoms with Crippen LogP contribution < -0.4 is 5.32 Å². The number of phenols is 1. The van der Waals surface area contributed by atoms with Gasteiger partial charge in [-0.2, -0.15) is 0 Å². The number of ketones is 1. The van der Waals surface area contributed by atoms with Gasteiger partial charge >= 0.3 is 5.97 Å². The highest BCUT2D eigenvalue weighted by Gasteiger charge is 2.20. The van der Waals surface area contributed by atoms with Crippen LogP contribution in [0.2, 0.25) is 0 Å². The third-order valence-electron chi connectivity index (χ3n) is 5.39. The predicted molar refractivity (Wildman–Crippen MR) is 133 cm³/mol. The molecule has 0 fully saturated rings. The predicted octanol–water partition coefficient (Wildman–Crippen LogP) is 5.17. The van der Waals surface area contributed by atoms with Gasteiger partial charge in [0.1, 0.15) is 12.3 Å². The standard InChI is InChI=1S/C27H21N3O6/c1-36-27(35)17-11-12-20(23(32)15-31)21(14-17)29-30-22-13-16-7-5-6-10-19(16)24(25(22)33)26(34)28-18-8-3-2-4-9-18/h2-14,31,33H,15H2,1H3,(H,28,34). The third-order valence-corrected chi connectivity index (χ3v) is 5.39. The summed E-state index contributed by atoms with van der Waals surface area (Å²) in [5.74, 6) is -2.24. The number of hydrogen-bond acceptors (Lipinski definition) is 8. The van der Waals surface area contributed by atoms with Crippen LogP contribution in [0.15, 0.2) is 89.1 Å². The molecule has 0 aromatic heterocycles. The molecule has 0 aliphatic heterocycles. The minimum absolute atomic E-state index is 0.000808. The molecule has 36 heavy (non-hydrogen) atoms. The van der Waals surface area contributed by atoms with Crippen LogP contribution in [0.1, 0.15) is 31.1 Å². The van der Waals surface area contributed by atoms with E-state index in [2.05, 4.69) is 15.5 Å². The van der Waals surface area contributed by atoms with Crippen molar-refractivity contribution in [3.8, 4) is 5.75 Å². The number of nitrogens with zero attached hydrogens (tertiary/aromatic N) is 2. The van der Waals surface area contributed by atoms with E-state index in [4.69, 9.17) is 4.74 Å². The van der Waals surface area contributed by atoms with Crippen molar-refractivity contribution in [2.75, 3.05) is 19.0 Å². The number of aliphatic hydroxyl groups excluding tert-OH is 1. The third kappa shape index (κ3) is 4.96. The molecule has 9 heteroatoms. The molecule has 3 N–H and O–H groups in total. The quantitative estimate of drug-likeness (QED) is 0.188. The summed E-state index contributed by atoms with van der Waals surface area (Å²) in [5.41, 5.74) is 0.645. The summed E-state index contributed by atoms with van der Waals surface area (Å²) in [4.78, 5) is 37.3. The lowest BCUT2D eigenvalue weighted by Crippen LogP contribution is -2.12. The molecule has 4 rings (SSSR count). The topological polar surface area (TPSA) is 138 Å². The fraction of sp³-hybridized carbons (Fsp3) is 0.0741. The Bertz CT molecular complexity index is 1500. The number of carbonyl (C=O) groups is 3. The highest BCUT2D eigenvalue weighted by Crippen LogP contribution is 2.38. The lowest BCUT2D eigenvalue weighted by Gasteiger charge is -2.12. The fourth-order valence-electron chi connectivity index (χ4n) is 3.63. The normalized spacial score (nSPS) is 10.9. The van der Waals surface area contributed by atoms with Crippen molar-refractivity contribution in [1.82, 2.24) is 0 Å². The van der Waals surface area contributed by atoms with Gasteiger partial charge in [-0.25, -0.2) is 4.79 Å². The fourth-order valence-corrected chi connectivity index (χ4v) is 3.63. The SMILES string of the molecule is COC(=O)c1ccc(C(=O)CO)c(N=Nc2cc3ccccc3c(C(=O)Nc3ccccc3)c2O)c1. The zero-order valence-electron chi connectivity index (χ0n) is 19.1. The molecule has 0 heterocycles. The monoisotopic (exact) mass is 483 g/mol. The summed E-state index contributed by atoms with van der Waals surface area (Å²) in [6, 6.07) is 21.3. The zero-order chi connectivity index (χ0) is 25.7. The number of nitrogens with one attached hydrogen (secondary N) is 1. The van der Waals surface area contributed by atoms with Gasteiger partial charge in [-0.05, 0) is 47.2 Å². The lowest BCUT2D eigenvalue weighted by atomic mass is 10.0. The minimum atomic E-state index is -0.773. The van der Waals surface area contributed by atoms with Crippen molar-refractivity contribution in [3.05, 3.63) is 95.6 Å². The zero-order valence-corrected chi connectivity index (χ0v) is 19.1. The number of hydrogen-bond donors (Lipinski definition) is 3. The van der Waals surface area contributed by atoms with Crippen molar-refractivity contribution in [1.29, 1.82) is 0 Å². The number of anilines is 1. The molecule has 1 amide bonds. The molecule has 4 aromatic rings. The van der Waals surface area contributed by atoms with E-state index in [1.54, 1.807) is 54.6 Å². The van der Waals surface area contributed by atoms with Gasteiger partial charge in [-0.3, -0.25) is 9.59 Å². The average molecular weight is 483 g/mol. The Hall–Kier alpha value is -4.89. The van der Waals surface area contributed by atoms with Crippen LogP contribution in [0.5, 0.6) is 5.75 Å². The van der Waals surface area contributed by atoms with Gasteiger partial charge < -0.3 is 20.3 Å². The Morgan fingerprint density at radius 2 is 1.58 bits per heavy atom. The number of benzene rings is 4. The van der Waals surface area contributed by atoms with E-state index in [1.165, 1.54) is 25.3 Å². The molecule has 0 saturated carbocycles. The Morgan fingerprint density at radius 3 is 2.31 bits per heavy atom. The maximum absolute atomic E-state index is 13.1. The number of aromatic hydroxyl groups is 1. The van der Waals surface area contributed by atoms with E-state index < -0.39 is 30.0 Å². The van der Waals surface area contributed by atoms with Crippen molar-refractivity contribution >= 4 is 45.5 Å². The van der Waals surface area contributed by atoms with Crippen LogP contribution in [0.3, 0.4) is 0 Å². The maximum Gasteiger partial charge on any atom is 0.337 e. The minimum Gasteiger partial charge on any atom is -0.505 e. The number of ether oxygens (including phenoxy) is 1. The molecule has 0 aliphatic carbocycles. The first-order valence-electron chi connectivity index (χ1n) is 10.8. The number of amides is 1. The molecule has 9 nitrogen and oxygen atoms in total. The number of esters is 1. The first-order chi connectivity index (χ1) is 17.4. The van der Waals surface area contributed by atoms with Gasteiger partial charge in [-0.1, -0.05) is 42.5 Å². The molecule has 0 spiro atoms. The molecule has 0 atom stereocenters. The Kier molecular flexibility index (Phi) is 7.12. The highest BCUT2D eigenvalue weighted by atomic mass is 16.5. The Morgan fingerprint density at radius 1 is 0.889 bits per heavy atom. The maximum atomic E-state index is 13.1. The molecule has 0 radical (unpaired) electrons. The van der Waals surface area contributed by atoms with Gasteiger partial charge in [0.05, 0.1) is 23.9 Å². The molecule has 0 aliphatic rings. The molecule has 0 saturated heterocycles. The van der Waals surface area contributed by atoms with Crippen molar-refractivity contribution in [3.63, 3.8) is 0 Å². The number of azo groups is 1. The summed E-state index contributed by atoms with van der Waals surface area (Å²) < 4.78 is 4.71. The number of fused-ring (bicyclic) bond motifs is 1.